The van der Waals surface area contributed by atoms with Gasteiger partial charge in [0.1, 0.15) is 11.4 Å². The Hall–Kier alpha value is -2.04. The largest absolute Gasteiger partial charge is 0.285 e. The molecule has 2 heterocycles. The summed E-state index contributed by atoms with van der Waals surface area (Å²) >= 11 is 0. The number of hydrogen-bond donors (Lipinski definition) is 0. The summed E-state index contributed by atoms with van der Waals surface area (Å²) in [6, 6.07) is 1.73. The molecule has 0 spiro atoms. The van der Waals surface area contributed by atoms with Gasteiger partial charge in [-0.1, -0.05) is 0 Å². The van der Waals surface area contributed by atoms with Crippen LogP contribution >= 0.6 is 0 Å². The zero-order chi connectivity index (χ0) is 10.8. The lowest BCUT2D eigenvalue weighted by Crippen LogP contribution is -2.09. The number of aryl methyl sites for hydroxylation is 2. The Labute approximate surface area is 86.8 Å². The fraction of sp³-hybridized carbons (Fsp3) is 0.200. The number of nitrogens with zero attached hydrogens (tertiary/aromatic N) is 4. The average Bonchev–Trinajstić information content (AvgIpc) is 2.58. The average molecular weight is 202 g/mol. The van der Waals surface area contributed by atoms with E-state index >= 15 is 0 Å². The second-order valence-electron chi connectivity index (χ2n) is 3.21. The van der Waals surface area contributed by atoms with Crippen molar-refractivity contribution >= 4 is 5.78 Å². The van der Waals surface area contributed by atoms with Gasteiger partial charge in [0.2, 0.25) is 5.78 Å². The second-order valence-corrected chi connectivity index (χ2v) is 3.21. The van der Waals surface area contributed by atoms with E-state index in [2.05, 4.69) is 15.1 Å². The third-order valence-electron chi connectivity index (χ3n) is 2.03. The molecule has 0 aliphatic heterocycles. The van der Waals surface area contributed by atoms with E-state index in [0.717, 1.165) is 5.69 Å². The molecule has 5 nitrogen and oxygen atoms in total. The van der Waals surface area contributed by atoms with Gasteiger partial charge in [0.25, 0.3) is 0 Å². The maximum absolute atomic E-state index is 11.9. The van der Waals surface area contributed by atoms with Crippen LogP contribution < -0.4 is 0 Å². The van der Waals surface area contributed by atoms with Crippen molar-refractivity contribution in [3.8, 4) is 0 Å². The molecule has 0 aliphatic carbocycles. The van der Waals surface area contributed by atoms with E-state index in [1.807, 2.05) is 6.92 Å². The molecule has 2 aromatic rings. The van der Waals surface area contributed by atoms with E-state index < -0.39 is 0 Å². The number of aromatic nitrogens is 4. The predicted molar refractivity (Wildman–Crippen MR) is 53.4 cm³/mol. The lowest BCUT2D eigenvalue weighted by Gasteiger charge is -1.98. The molecule has 76 valence electrons. The highest BCUT2D eigenvalue weighted by molar-refractivity contribution is 6.06. The first-order chi connectivity index (χ1) is 7.18. The standard InChI is InChI=1S/C10H10N4O/c1-7-5-9(14(2)13-7)10(15)8-6-11-3-4-12-8/h3-6H,1-2H3. The Morgan fingerprint density at radius 1 is 1.40 bits per heavy atom. The molecule has 0 unspecified atom stereocenters. The van der Waals surface area contributed by atoms with Gasteiger partial charge in [0.15, 0.2) is 0 Å². The summed E-state index contributed by atoms with van der Waals surface area (Å²) in [5.41, 5.74) is 1.67. The maximum atomic E-state index is 11.9. The highest BCUT2D eigenvalue weighted by Crippen LogP contribution is 2.07. The van der Waals surface area contributed by atoms with Crippen LogP contribution in [0.3, 0.4) is 0 Å². The molecule has 5 heteroatoms. The van der Waals surface area contributed by atoms with E-state index in [4.69, 9.17) is 0 Å². The summed E-state index contributed by atoms with van der Waals surface area (Å²) in [6.07, 6.45) is 4.48. The number of hydrogen-bond acceptors (Lipinski definition) is 4. The molecule has 0 N–H and O–H groups in total. The zero-order valence-corrected chi connectivity index (χ0v) is 8.51. The minimum Gasteiger partial charge on any atom is -0.285 e. The molecule has 0 saturated heterocycles. The van der Waals surface area contributed by atoms with Crippen LogP contribution in [0.2, 0.25) is 0 Å². The summed E-state index contributed by atoms with van der Waals surface area (Å²) in [5.74, 6) is -0.161. The molecule has 0 saturated carbocycles. The van der Waals surface area contributed by atoms with Crippen LogP contribution in [0.5, 0.6) is 0 Å². The fourth-order valence-corrected chi connectivity index (χ4v) is 1.37. The quantitative estimate of drug-likeness (QED) is 0.674. The Kier molecular flexibility index (Phi) is 2.29. The molecule has 0 aliphatic rings. The summed E-state index contributed by atoms with van der Waals surface area (Å²) in [7, 11) is 1.73. The van der Waals surface area contributed by atoms with E-state index in [1.54, 1.807) is 17.8 Å². The van der Waals surface area contributed by atoms with E-state index in [1.165, 1.54) is 18.6 Å². The first kappa shape index (κ1) is 9.51. The monoisotopic (exact) mass is 202 g/mol. The Morgan fingerprint density at radius 2 is 2.20 bits per heavy atom. The highest BCUT2D eigenvalue weighted by Gasteiger charge is 2.14. The molecule has 0 radical (unpaired) electrons. The van der Waals surface area contributed by atoms with Crippen molar-refractivity contribution in [2.45, 2.75) is 6.92 Å². The minimum absolute atomic E-state index is 0.161. The third kappa shape index (κ3) is 1.76. The van der Waals surface area contributed by atoms with Crippen molar-refractivity contribution in [2.75, 3.05) is 0 Å². The van der Waals surface area contributed by atoms with Gasteiger partial charge >= 0.3 is 0 Å². The van der Waals surface area contributed by atoms with Gasteiger partial charge in [0.05, 0.1) is 11.9 Å². The third-order valence-corrected chi connectivity index (χ3v) is 2.03. The second kappa shape index (κ2) is 3.61. The molecule has 15 heavy (non-hydrogen) atoms. The first-order valence-electron chi connectivity index (χ1n) is 4.50. The van der Waals surface area contributed by atoms with Crippen molar-refractivity contribution < 1.29 is 4.79 Å². The van der Waals surface area contributed by atoms with Gasteiger partial charge in [0, 0.05) is 19.4 Å². The van der Waals surface area contributed by atoms with Crippen LogP contribution in [0.4, 0.5) is 0 Å². The first-order valence-corrected chi connectivity index (χ1v) is 4.50. The molecule has 0 atom stereocenters. The van der Waals surface area contributed by atoms with E-state index in [0.29, 0.717) is 11.4 Å². The van der Waals surface area contributed by atoms with Gasteiger partial charge < -0.3 is 0 Å². The molecule has 0 fully saturated rings. The van der Waals surface area contributed by atoms with E-state index in [9.17, 15) is 4.79 Å². The van der Waals surface area contributed by atoms with Crippen LogP contribution in [-0.2, 0) is 7.05 Å². The van der Waals surface area contributed by atoms with Crippen LogP contribution in [0.1, 0.15) is 21.9 Å². The molecule has 2 aromatic heterocycles. The van der Waals surface area contributed by atoms with Crippen molar-refractivity contribution in [3.63, 3.8) is 0 Å². The topological polar surface area (TPSA) is 60.7 Å². The molecule has 0 amide bonds. The van der Waals surface area contributed by atoms with Gasteiger partial charge in [-0.15, -0.1) is 0 Å². The lowest BCUT2D eigenvalue weighted by molar-refractivity contribution is 0.102. The fourth-order valence-electron chi connectivity index (χ4n) is 1.37. The number of carbonyl (C=O) groups excluding carboxylic acids is 1. The number of carbonyl (C=O) groups is 1. The van der Waals surface area contributed by atoms with Crippen LogP contribution in [0, 0.1) is 6.92 Å². The van der Waals surface area contributed by atoms with Crippen LogP contribution in [-0.4, -0.2) is 25.5 Å². The van der Waals surface area contributed by atoms with Gasteiger partial charge in [-0.3, -0.25) is 14.5 Å². The van der Waals surface area contributed by atoms with Crippen molar-refractivity contribution in [2.24, 2.45) is 7.05 Å². The van der Waals surface area contributed by atoms with Crippen LogP contribution in [0.15, 0.2) is 24.7 Å². The molecular formula is C10H10N4O. The van der Waals surface area contributed by atoms with Gasteiger partial charge in [-0.05, 0) is 13.0 Å². The summed E-state index contributed by atoms with van der Waals surface area (Å²) in [6.45, 7) is 1.84. The predicted octanol–water partition coefficient (Wildman–Crippen LogP) is 0.750. The van der Waals surface area contributed by atoms with Gasteiger partial charge in [-0.2, -0.15) is 5.10 Å². The summed E-state index contributed by atoms with van der Waals surface area (Å²) in [5, 5.41) is 4.11. The van der Waals surface area contributed by atoms with E-state index in [-0.39, 0.29) is 5.78 Å². The molecular weight excluding hydrogens is 192 g/mol. The molecule has 0 bridgehead atoms. The number of ketones is 1. The van der Waals surface area contributed by atoms with Gasteiger partial charge in [-0.25, -0.2) is 4.98 Å². The normalized spacial score (nSPS) is 10.3. The molecule has 2 rings (SSSR count). The Morgan fingerprint density at radius 3 is 2.73 bits per heavy atom. The van der Waals surface area contributed by atoms with Crippen molar-refractivity contribution in [3.05, 3.63) is 41.7 Å². The van der Waals surface area contributed by atoms with Crippen molar-refractivity contribution in [1.29, 1.82) is 0 Å². The Bertz CT molecular complexity index is 489. The Balaban J connectivity index is 2.41. The highest BCUT2D eigenvalue weighted by atomic mass is 16.1. The zero-order valence-electron chi connectivity index (χ0n) is 8.51. The maximum Gasteiger partial charge on any atom is 0.230 e. The minimum atomic E-state index is -0.161. The number of rotatable bonds is 2. The van der Waals surface area contributed by atoms with Crippen molar-refractivity contribution in [1.82, 2.24) is 19.7 Å². The SMILES string of the molecule is Cc1cc(C(=O)c2cnccn2)n(C)n1. The van der Waals surface area contributed by atoms with Crippen LogP contribution in [0.25, 0.3) is 0 Å². The smallest absolute Gasteiger partial charge is 0.230 e. The lowest BCUT2D eigenvalue weighted by atomic mass is 10.2. The summed E-state index contributed by atoms with van der Waals surface area (Å²) in [4.78, 5) is 19.7. The molecule has 0 aromatic carbocycles. The summed E-state index contributed by atoms with van der Waals surface area (Å²) < 4.78 is 1.55.